The van der Waals surface area contributed by atoms with Crippen LogP contribution in [0.2, 0.25) is 0 Å². The number of benzene rings is 1. The molecule has 0 aliphatic carbocycles. The summed E-state index contributed by atoms with van der Waals surface area (Å²) in [4.78, 5) is 21.3. The number of aromatic nitrogens is 3. The molecule has 1 amide bonds. The number of nitrogens with one attached hydrogen (secondary N) is 1. The van der Waals surface area contributed by atoms with Gasteiger partial charge in [-0.1, -0.05) is 30.3 Å². The maximum Gasteiger partial charge on any atom is 0.268 e. The monoisotopic (exact) mass is 382 g/mol. The van der Waals surface area contributed by atoms with Gasteiger partial charge in [0.1, 0.15) is 5.69 Å². The summed E-state index contributed by atoms with van der Waals surface area (Å²) in [5.41, 5.74) is 5.85. The second-order valence-corrected chi connectivity index (χ2v) is 6.91. The third kappa shape index (κ3) is 4.41. The van der Waals surface area contributed by atoms with E-state index in [1.807, 2.05) is 59.3 Å². The number of rotatable bonds is 6. The van der Waals surface area contributed by atoms with Gasteiger partial charge in [0.25, 0.3) is 5.91 Å². The highest BCUT2D eigenvalue weighted by molar-refractivity contribution is 5.94. The fourth-order valence-electron chi connectivity index (χ4n) is 3.27. The molecule has 0 aliphatic heterocycles. The van der Waals surface area contributed by atoms with Crippen LogP contribution >= 0.6 is 0 Å². The van der Waals surface area contributed by atoms with Crippen molar-refractivity contribution in [3.63, 3.8) is 0 Å². The minimum Gasteiger partial charge on any atom is -0.345 e. The molecule has 29 heavy (non-hydrogen) atoms. The standard InChI is InChI=1S/C24H22N4O/c1-18-6-2-3-7-20(18)16-28-17-21(19-9-12-25-13-10-19)14-23(28)24(29)27-15-22-8-4-5-11-26-22/h2-14,17H,15-16H2,1H3,(H,27,29). The molecule has 0 bridgehead atoms. The number of amides is 1. The highest BCUT2D eigenvalue weighted by atomic mass is 16.1. The van der Waals surface area contributed by atoms with Crippen molar-refractivity contribution in [1.82, 2.24) is 19.9 Å². The predicted molar refractivity (Wildman–Crippen MR) is 113 cm³/mol. The maximum atomic E-state index is 13.0. The van der Waals surface area contributed by atoms with Gasteiger partial charge in [0.15, 0.2) is 0 Å². The third-order valence-corrected chi connectivity index (χ3v) is 4.90. The summed E-state index contributed by atoms with van der Waals surface area (Å²) in [6, 6.07) is 19.7. The zero-order valence-electron chi connectivity index (χ0n) is 16.2. The van der Waals surface area contributed by atoms with Gasteiger partial charge in [0, 0.05) is 36.9 Å². The van der Waals surface area contributed by atoms with Gasteiger partial charge in [0.05, 0.1) is 12.2 Å². The smallest absolute Gasteiger partial charge is 0.268 e. The molecule has 0 fully saturated rings. The number of nitrogens with zero attached hydrogens (tertiary/aromatic N) is 3. The van der Waals surface area contributed by atoms with Crippen molar-refractivity contribution in [3.05, 3.63) is 108 Å². The number of carbonyl (C=O) groups is 1. The molecule has 0 saturated heterocycles. The van der Waals surface area contributed by atoms with Gasteiger partial charge < -0.3 is 9.88 Å². The molecule has 3 aromatic heterocycles. The van der Waals surface area contributed by atoms with E-state index in [4.69, 9.17) is 0 Å². The van der Waals surface area contributed by atoms with Gasteiger partial charge in [-0.3, -0.25) is 14.8 Å². The molecule has 1 aromatic carbocycles. The van der Waals surface area contributed by atoms with Crippen molar-refractivity contribution in [2.45, 2.75) is 20.0 Å². The Morgan fingerprint density at radius 2 is 1.76 bits per heavy atom. The molecule has 1 N–H and O–H groups in total. The van der Waals surface area contributed by atoms with Crippen molar-refractivity contribution in [2.75, 3.05) is 0 Å². The average molecular weight is 382 g/mol. The molecule has 0 radical (unpaired) electrons. The van der Waals surface area contributed by atoms with E-state index in [0.717, 1.165) is 16.8 Å². The van der Waals surface area contributed by atoms with Crippen LogP contribution in [0.3, 0.4) is 0 Å². The van der Waals surface area contributed by atoms with Gasteiger partial charge in [-0.15, -0.1) is 0 Å². The van der Waals surface area contributed by atoms with Crippen molar-refractivity contribution in [2.24, 2.45) is 0 Å². The topological polar surface area (TPSA) is 59.8 Å². The lowest BCUT2D eigenvalue weighted by Gasteiger charge is -2.11. The Morgan fingerprint density at radius 3 is 2.52 bits per heavy atom. The molecule has 4 rings (SSSR count). The lowest BCUT2D eigenvalue weighted by molar-refractivity contribution is 0.0941. The number of hydrogen-bond acceptors (Lipinski definition) is 3. The lowest BCUT2D eigenvalue weighted by atomic mass is 10.1. The molecule has 5 nitrogen and oxygen atoms in total. The molecule has 4 aromatic rings. The Labute approximate surface area is 170 Å². The van der Waals surface area contributed by atoms with Crippen LogP contribution in [0.1, 0.15) is 27.3 Å². The molecular formula is C24H22N4O. The quantitative estimate of drug-likeness (QED) is 0.543. The summed E-state index contributed by atoms with van der Waals surface area (Å²) >= 11 is 0. The molecule has 0 aliphatic rings. The molecule has 5 heteroatoms. The summed E-state index contributed by atoms with van der Waals surface area (Å²) in [5.74, 6) is -0.121. The van der Waals surface area contributed by atoms with E-state index in [9.17, 15) is 4.79 Å². The minimum atomic E-state index is -0.121. The predicted octanol–water partition coefficient (Wildman–Crippen LogP) is 4.23. The summed E-state index contributed by atoms with van der Waals surface area (Å²) < 4.78 is 2.01. The summed E-state index contributed by atoms with van der Waals surface area (Å²) in [7, 11) is 0. The molecule has 0 unspecified atom stereocenters. The first-order valence-corrected chi connectivity index (χ1v) is 9.54. The van der Waals surface area contributed by atoms with E-state index in [1.165, 1.54) is 11.1 Å². The second-order valence-electron chi connectivity index (χ2n) is 6.91. The summed E-state index contributed by atoms with van der Waals surface area (Å²) in [6.45, 7) is 3.10. The minimum absolute atomic E-state index is 0.121. The van der Waals surface area contributed by atoms with Crippen LogP contribution in [-0.4, -0.2) is 20.4 Å². The highest BCUT2D eigenvalue weighted by Gasteiger charge is 2.15. The molecular weight excluding hydrogens is 360 g/mol. The zero-order chi connectivity index (χ0) is 20.1. The highest BCUT2D eigenvalue weighted by Crippen LogP contribution is 2.23. The molecule has 0 atom stereocenters. The van der Waals surface area contributed by atoms with Crippen LogP contribution in [0.15, 0.2) is 85.5 Å². The average Bonchev–Trinajstić information content (AvgIpc) is 3.19. The Morgan fingerprint density at radius 1 is 0.966 bits per heavy atom. The van der Waals surface area contributed by atoms with Gasteiger partial charge in [-0.25, -0.2) is 0 Å². The maximum absolute atomic E-state index is 13.0. The number of aryl methyl sites for hydroxylation is 1. The van der Waals surface area contributed by atoms with Crippen molar-refractivity contribution in [3.8, 4) is 11.1 Å². The molecule has 0 spiro atoms. The zero-order valence-corrected chi connectivity index (χ0v) is 16.2. The normalized spacial score (nSPS) is 10.7. The number of pyridine rings is 2. The number of carbonyl (C=O) groups excluding carboxylic acids is 1. The van der Waals surface area contributed by atoms with Crippen LogP contribution < -0.4 is 5.32 Å². The van der Waals surface area contributed by atoms with E-state index >= 15 is 0 Å². The Bertz CT molecular complexity index is 1100. The summed E-state index contributed by atoms with van der Waals surface area (Å²) in [6.07, 6.45) is 7.27. The van der Waals surface area contributed by atoms with Crippen LogP contribution in [-0.2, 0) is 13.1 Å². The Kier molecular flexibility index (Phi) is 5.47. The first-order chi connectivity index (χ1) is 14.2. The van der Waals surface area contributed by atoms with Gasteiger partial charge in [-0.2, -0.15) is 0 Å². The first kappa shape index (κ1) is 18.6. The van der Waals surface area contributed by atoms with Crippen molar-refractivity contribution < 1.29 is 4.79 Å². The van der Waals surface area contributed by atoms with E-state index in [2.05, 4.69) is 34.3 Å². The Balaban J connectivity index is 1.64. The third-order valence-electron chi connectivity index (χ3n) is 4.90. The SMILES string of the molecule is Cc1ccccc1Cn1cc(-c2ccncc2)cc1C(=O)NCc1ccccn1. The van der Waals surface area contributed by atoms with E-state index in [0.29, 0.717) is 18.8 Å². The Hall–Kier alpha value is -3.73. The molecule has 3 heterocycles. The van der Waals surface area contributed by atoms with Gasteiger partial charge >= 0.3 is 0 Å². The molecule has 144 valence electrons. The molecule has 0 saturated carbocycles. The van der Waals surface area contributed by atoms with Crippen molar-refractivity contribution in [1.29, 1.82) is 0 Å². The first-order valence-electron chi connectivity index (χ1n) is 9.54. The van der Waals surface area contributed by atoms with E-state index < -0.39 is 0 Å². The lowest BCUT2D eigenvalue weighted by Crippen LogP contribution is -2.26. The van der Waals surface area contributed by atoms with Crippen molar-refractivity contribution >= 4 is 5.91 Å². The van der Waals surface area contributed by atoms with E-state index in [-0.39, 0.29) is 5.91 Å². The fraction of sp³-hybridized carbons (Fsp3) is 0.125. The summed E-state index contributed by atoms with van der Waals surface area (Å²) in [5, 5.41) is 2.99. The second kappa shape index (κ2) is 8.52. The fourth-order valence-corrected chi connectivity index (χ4v) is 3.27. The van der Waals surface area contributed by atoms with Crippen LogP contribution in [0.5, 0.6) is 0 Å². The largest absolute Gasteiger partial charge is 0.345 e. The van der Waals surface area contributed by atoms with Gasteiger partial charge in [0.2, 0.25) is 0 Å². The van der Waals surface area contributed by atoms with Crippen LogP contribution in [0, 0.1) is 6.92 Å². The van der Waals surface area contributed by atoms with Gasteiger partial charge in [-0.05, 0) is 53.9 Å². The van der Waals surface area contributed by atoms with Crippen LogP contribution in [0.4, 0.5) is 0 Å². The van der Waals surface area contributed by atoms with E-state index in [1.54, 1.807) is 18.6 Å². The number of hydrogen-bond donors (Lipinski definition) is 1. The van der Waals surface area contributed by atoms with Crippen LogP contribution in [0.25, 0.3) is 11.1 Å².